The van der Waals surface area contributed by atoms with Crippen molar-refractivity contribution in [1.29, 1.82) is 0 Å². The molecule has 4 rings (SSSR count). The Hall–Kier alpha value is -3.46. The van der Waals surface area contributed by atoms with Gasteiger partial charge in [-0.15, -0.1) is 0 Å². The Bertz CT molecular complexity index is 1240. The lowest BCUT2D eigenvalue weighted by atomic mass is 10.1. The lowest BCUT2D eigenvalue weighted by molar-refractivity contribution is -0.121. The van der Waals surface area contributed by atoms with Crippen molar-refractivity contribution in [2.24, 2.45) is 0 Å². The molecular weight excluding hydrogens is 483 g/mol. The van der Waals surface area contributed by atoms with Gasteiger partial charge in [-0.05, 0) is 54.6 Å². The maximum Gasteiger partial charge on any atom is 0.338 e. The summed E-state index contributed by atoms with van der Waals surface area (Å²) < 4.78 is 10.3. The monoisotopic (exact) mass is 500 g/mol. The highest BCUT2D eigenvalue weighted by atomic mass is 35.5. The highest BCUT2D eigenvalue weighted by Gasteiger charge is 2.39. The van der Waals surface area contributed by atoms with Gasteiger partial charge in [0.15, 0.2) is 12.4 Å². The Morgan fingerprint density at radius 1 is 1.03 bits per heavy atom. The van der Waals surface area contributed by atoms with Gasteiger partial charge in [0.05, 0.1) is 46.6 Å². The van der Waals surface area contributed by atoms with Crippen molar-refractivity contribution in [1.82, 2.24) is 5.32 Å². The summed E-state index contributed by atoms with van der Waals surface area (Å²) in [6.45, 7) is -0.166. The van der Waals surface area contributed by atoms with Gasteiger partial charge in [0, 0.05) is 5.56 Å². The molecular formula is C24H18Cl2N2O6. The van der Waals surface area contributed by atoms with Crippen LogP contribution >= 0.6 is 23.2 Å². The Balaban J connectivity index is 1.35. The number of imide groups is 1. The van der Waals surface area contributed by atoms with Crippen LogP contribution in [0.25, 0.3) is 0 Å². The van der Waals surface area contributed by atoms with Crippen molar-refractivity contribution in [3.8, 4) is 0 Å². The average Bonchev–Trinajstić information content (AvgIpc) is 3.45. The smallest absolute Gasteiger partial charge is 0.338 e. The molecule has 8 nitrogen and oxygen atoms in total. The summed E-state index contributed by atoms with van der Waals surface area (Å²) in [7, 11) is 0. The molecule has 1 unspecified atom stereocenters. The molecule has 1 atom stereocenters. The van der Waals surface area contributed by atoms with E-state index in [2.05, 4.69) is 5.32 Å². The SMILES string of the molecule is O=C(COC(=O)c1ccc(N2C(=O)CC(NCc3ccco3)C2=O)cc1)c1ccc(Cl)c(Cl)c1. The second-order valence-electron chi connectivity index (χ2n) is 7.46. The van der Waals surface area contributed by atoms with Crippen LogP contribution in [0.5, 0.6) is 0 Å². The van der Waals surface area contributed by atoms with Gasteiger partial charge in [0.1, 0.15) is 5.76 Å². The highest BCUT2D eigenvalue weighted by Crippen LogP contribution is 2.25. The Labute approximate surface area is 204 Å². The number of halogens is 2. The molecule has 0 bridgehead atoms. The minimum Gasteiger partial charge on any atom is -0.468 e. The summed E-state index contributed by atoms with van der Waals surface area (Å²) >= 11 is 11.7. The highest BCUT2D eigenvalue weighted by molar-refractivity contribution is 6.42. The zero-order chi connectivity index (χ0) is 24.2. The molecule has 1 saturated heterocycles. The van der Waals surface area contributed by atoms with E-state index < -0.39 is 24.4 Å². The number of carbonyl (C=O) groups excluding carboxylic acids is 4. The van der Waals surface area contributed by atoms with E-state index in [4.69, 9.17) is 32.4 Å². The molecule has 1 aliphatic heterocycles. The molecule has 174 valence electrons. The normalized spacial score (nSPS) is 15.6. The van der Waals surface area contributed by atoms with Crippen molar-refractivity contribution in [2.45, 2.75) is 19.0 Å². The molecule has 0 radical (unpaired) electrons. The van der Waals surface area contributed by atoms with Crippen LogP contribution in [-0.2, 0) is 20.9 Å². The Kier molecular flexibility index (Phi) is 7.12. The van der Waals surface area contributed by atoms with E-state index in [0.717, 1.165) is 4.90 Å². The summed E-state index contributed by atoms with van der Waals surface area (Å²) in [5.74, 6) is -1.26. The van der Waals surface area contributed by atoms with Crippen molar-refractivity contribution in [3.05, 3.63) is 87.8 Å². The van der Waals surface area contributed by atoms with E-state index in [1.165, 1.54) is 48.7 Å². The van der Waals surface area contributed by atoms with E-state index in [1.54, 1.807) is 12.1 Å². The van der Waals surface area contributed by atoms with Crippen LogP contribution in [0, 0.1) is 0 Å². The number of rotatable bonds is 8. The zero-order valence-corrected chi connectivity index (χ0v) is 19.1. The first-order chi connectivity index (χ1) is 16.3. The third kappa shape index (κ3) is 5.20. The van der Waals surface area contributed by atoms with Crippen LogP contribution in [0.3, 0.4) is 0 Å². The van der Waals surface area contributed by atoms with E-state index in [0.29, 0.717) is 23.0 Å². The number of nitrogens with zero attached hydrogens (tertiary/aromatic N) is 1. The first-order valence-corrected chi connectivity index (χ1v) is 11.0. The topological polar surface area (TPSA) is 106 Å². The molecule has 1 N–H and O–H groups in total. The molecule has 1 aromatic heterocycles. The molecule has 34 heavy (non-hydrogen) atoms. The quantitative estimate of drug-likeness (QED) is 0.282. The fraction of sp³-hybridized carbons (Fsp3) is 0.167. The minimum absolute atomic E-state index is 0.0140. The molecule has 1 fully saturated rings. The van der Waals surface area contributed by atoms with Gasteiger partial charge in [-0.3, -0.25) is 19.7 Å². The van der Waals surface area contributed by atoms with E-state index >= 15 is 0 Å². The van der Waals surface area contributed by atoms with Crippen LogP contribution in [0.2, 0.25) is 10.0 Å². The van der Waals surface area contributed by atoms with Gasteiger partial charge < -0.3 is 9.15 Å². The van der Waals surface area contributed by atoms with Gasteiger partial charge in [0.2, 0.25) is 5.91 Å². The summed E-state index contributed by atoms with van der Waals surface area (Å²) in [5.41, 5.74) is 0.761. The largest absolute Gasteiger partial charge is 0.468 e. The fourth-order valence-electron chi connectivity index (χ4n) is 3.41. The van der Waals surface area contributed by atoms with Crippen molar-refractivity contribution >= 4 is 52.5 Å². The molecule has 2 heterocycles. The number of ether oxygens (including phenoxy) is 1. The van der Waals surface area contributed by atoms with E-state index in [1.807, 2.05) is 0 Å². The lowest BCUT2D eigenvalue weighted by Gasteiger charge is -2.15. The van der Waals surface area contributed by atoms with Gasteiger partial charge >= 0.3 is 5.97 Å². The van der Waals surface area contributed by atoms with E-state index in [-0.39, 0.29) is 34.4 Å². The predicted octanol–water partition coefficient (Wildman–Crippen LogP) is 4.05. The number of nitrogens with one attached hydrogen (secondary N) is 1. The minimum atomic E-state index is -0.725. The third-order valence-corrected chi connectivity index (χ3v) is 5.93. The lowest BCUT2D eigenvalue weighted by Crippen LogP contribution is -2.38. The molecule has 0 aliphatic carbocycles. The van der Waals surface area contributed by atoms with Gasteiger partial charge in [-0.25, -0.2) is 9.69 Å². The molecule has 10 heteroatoms. The zero-order valence-electron chi connectivity index (χ0n) is 17.6. The van der Waals surface area contributed by atoms with Gasteiger partial charge in [0.25, 0.3) is 5.91 Å². The van der Waals surface area contributed by atoms with Crippen molar-refractivity contribution in [3.63, 3.8) is 0 Å². The summed E-state index contributed by atoms with van der Waals surface area (Å²) in [6, 6.07) is 13.0. The standard InChI is InChI=1S/C24H18Cl2N2O6/c25-18-8-5-15(10-19(18)26)21(29)13-34-24(32)14-3-6-16(7-4-14)28-22(30)11-20(23(28)31)27-12-17-2-1-9-33-17/h1-10,20,27H,11-13H2. The fourth-order valence-corrected chi connectivity index (χ4v) is 3.71. The van der Waals surface area contributed by atoms with E-state index in [9.17, 15) is 19.2 Å². The maximum atomic E-state index is 12.7. The number of benzene rings is 2. The third-order valence-electron chi connectivity index (χ3n) is 5.19. The van der Waals surface area contributed by atoms with Gasteiger partial charge in [-0.1, -0.05) is 23.2 Å². The Morgan fingerprint density at radius 2 is 1.76 bits per heavy atom. The van der Waals surface area contributed by atoms with Crippen LogP contribution in [0.4, 0.5) is 5.69 Å². The van der Waals surface area contributed by atoms with Gasteiger partial charge in [-0.2, -0.15) is 0 Å². The number of anilines is 1. The first kappa shape index (κ1) is 23.7. The second kappa shape index (κ2) is 10.2. The molecule has 0 spiro atoms. The van der Waals surface area contributed by atoms with Crippen molar-refractivity contribution < 1.29 is 28.3 Å². The summed E-state index contributed by atoms with van der Waals surface area (Å²) in [5, 5.41) is 3.54. The second-order valence-corrected chi connectivity index (χ2v) is 8.27. The summed E-state index contributed by atoms with van der Waals surface area (Å²) in [4.78, 5) is 50.8. The molecule has 2 aromatic carbocycles. The molecule has 0 saturated carbocycles. The first-order valence-electron chi connectivity index (χ1n) is 10.2. The number of carbonyl (C=O) groups is 4. The molecule has 2 amide bonds. The number of Topliss-reactive ketones (excluding diaryl/α,β-unsaturated/α-hetero) is 1. The molecule has 3 aromatic rings. The number of hydrogen-bond donors (Lipinski definition) is 1. The predicted molar refractivity (Wildman–Crippen MR) is 124 cm³/mol. The van der Waals surface area contributed by atoms with Crippen LogP contribution in [0.1, 0.15) is 32.9 Å². The van der Waals surface area contributed by atoms with Crippen LogP contribution in [0.15, 0.2) is 65.3 Å². The number of hydrogen-bond acceptors (Lipinski definition) is 7. The van der Waals surface area contributed by atoms with Crippen molar-refractivity contribution in [2.75, 3.05) is 11.5 Å². The van der Waals surface area contributed by atoms with Crippen LogP contribution in [-0.4, -0.2) is 36.2 Å². The number of ketones is 1. The number of amides is 2. The maximum absolute atomic E-state index is 12.7. The Morgan fingerprint density at radius 3 is 2.44 bits per heavy atom. The average molecular weight is 501 g/mol. The molecule has 1 aliphatic rings. The number of furan rings is 1. The van der Waals surface area contributed by atoms with Crippen LogP contribution < -0.4 is 10.2 Å². The number of esters is 1. The summed E-state index contributed by atoms with van der Waals surface area (Å²) in [6.07, 6.45) is 1.54.